The second kappa shape index (κ2) is 4.78. The molecule has 3 heteroatoms. The van der Waals surface area contributed by atoms with Gasteiger partial charge in [-0.1, -0.05) is 30.3 Å². The van der Waals surface area contributed by atoms with Gasteiger partial charge in [0.15, 0.2) is 5.78 Å². The Labute approximate surface area is 99.3 Å². The highest BCUT2D eigenvalue weighted by molar-refractivity contribution is 5.99. The van der Waals surface area contributed by atoms with E-state index in [1.165, 1.54) is 10.6 Å². The van der Waals surface area contributed by atoms with Crippen LogP contribution in [0.1, 0.15) is 15.9 Å². The Kier molecular flexibility index (Phi) is 3.19. The fraction of sp³-hybridized carbons (Fsp3) is 0.0714. The van der Waals surface area contributed by atoms with E-state index >= 15 is 0 Å². The zero-order valence-corrected chi connectivity index (χ0v) is 9.17. The van der Waals surface area contributed by atoms with E-state index in [1.54, 1.807) is 12.3 Å². The van der Waals surface area contributed by atoms with Crippen molar-refractivity contribution < 1.29 is 4.79 Å². The molecule has 1 aromatic carbocycles. The van der Waals surface area contributed by atoms with Gasteiger partial charge in [-0.25, -0.2) is 0 Å². The van der Waals surface area contributed by atoms with E-state index in [-0.39, 0.29) is 11.1 Å². The first kappa shape index (κ1) is 11.3. The lowest BCUT2D eigenvalue weighted by atomic mass is 10.2. The topological polar surface area (TPSA) is 39.1 Å². The minimum absolute atomic E-state index is 0.231. The number of rotatable bonds is 3. The molecule has 0 atom stereocenters. The lowest BCUT2D eigenvalue weighted by Gasteiger charge is -2.05. The number of aromatic nitrogens is 1. The zero-order chi connectivity index (χ0) is 12.3. The van der Waals surface area contributed by atoms with E-state index in [4.69, 9.17) is 6.92 Å². The molecular formula is C14H11NO2. The summed E-state index contributed by atoms with van der Waals surface area (Å²) in [6.07, 6.45) is 1.58. The lowest BCUT2D eigenvalue weighted by molar-refractivity contribution is 0.104. The molecule has 2 rings (SSSR count). The Morgan fingerprint density at radius 3 is 2.47 bits per heavy atom. The van der Waals surface area contributed by atoms with Crippen LogP contribution in [0.5, 0.6) is 0 Å². The van der Waals surface area contributed by atoms with Crippen LogP contribution in [0.25, 0.3) is 0 Å². The van der Waals surface area contributed by atoms with Gasteiger partial charge in [-0.3, -0.25) is 9.59 Å². The molecule has 17 heavy (non-hydrogen) atoms. The monoisotopic (exact) mass is 225 g/mol. The third-order valence-electron chi connectivity index (χ3n) is 2.48. The largest absolute Gasteiger partial charge is 0.311 e. The first-order valence-electron chi connectivity index (χ1n) is 5.21. The maximum absolute atomic E-state index is 11.7. The van der Waals surface area contributed by atoms with Gasteiger partial charge >= 0.3 is 0 Å². The van der Waals surface area contributed by atoms with E-state index < -0.39 is 5.78 Å². The van der Waals surface area contributed by atoms with Crippen molar-refractivity contribution in [3.05, 3.63) is 77.1 Å². The Bertz CT molecular complexity index is 585. The predicted octanol–water partition coefficient (Wildman–Crippen LogP) is 1.79. The summed E-state index contributed by atoms with van der Waals surface area (Å²) in [6.45, 7) is 5.58. The quantitative estimate of drug-likeness (QED) is 0.747. The average Bonchev–Trinajstić information content (AvgIpc) is 2.33. The van der Waals surface area contributed by atoms with E-state index in [1.807, 2.05) is 30.3 Å². The molecule has 1 aromatic heterocycles. The molecular weight excluding hydrogens is 214 g/mol. The van der Waals surface area contributed by atoms with Crippen molar-refractivity contribution in [3.8, 4) is 0 Å². The SMILES string of the molecule is [CH]C(=O)c1ccn(Cc2ccccc2)c(=O)c1. The van der Waals surface area contributed by atoms with E-state index in [9.17, 15) is 9.59 Å². The molecule has 0 fully saturated rings. The Hall–Kier alpha value is -2.16. The molecule has 0 N–H and O–H groups in total. The minimum atomic E-state index is -0.589. The van der Waals surface area contributed by atoms with Gasteiger partial charge in [0, 0.05) is 24.8 Å². The van der Waals surface area contributed by atoms with Crippen molar-refractivity contribution in [1.29, 1.82) is 0 Å². The number of pyridine rings is 1. The van der Waals surface area contributed by atoms with Gasteiger partial charge in [-0.2, -0.15) is 0 Å². The fourth-order valence-corrected chi connectivity index (χ4v) is 1.57. The molecule has 0 unspecified atom stereocenters. The van der Waals surface area contributed by atoms with Crippen LogP contribution in [-0.2, 0) is 6.54 Å². The summed E-state index contributed by atoms with van der Waals surface area (Å²) >= 11 is 0. The Morgan fingerprint density at radius 2 is 1.88 bits per heavy atom. The molecule has 0 saturated carbocycles. The van der Waals surface area contributed by atoms with Gasteiger partial charge in [0.25, 0.3) is 5.56 Å². The van der Waals surface area contributed by atoms with Gasteiger partial charge in [0.05, 0.1) is 6.54 Å². The van der Waals surface area contributed by atoms with Crippen molar-refractivity contribution in [1.82, 2.24) is 4.57 Å². The molecule has 2 aromatic rings. The third-order valence-corrected chi connectivity index (χ3v) is 2.48. The van der Waals surface area contributed by atoms with Gasteiger partial charge in [-0.05, 0) is 11.6 Å². The van der Waals surface area contributed by atoms with Crippen molar-refractivity contribution >= 4 is 5.78 Å². The van der Waals surface area contributed by atoms with Crippen molar-refractivity contribution in [2.24, 2.45) is 0 Å². The number of Topliss-reactive ketones (excluding diaryl/α,β-unsaturated/α-hetero) is 1. The van der Waals surface area contributed by atoms with E-state index in [0.717, 1.165) is 5.56 Å². The molecule has 0 aliphatic carbocycles. The summed E-state index contributed by atoms with van der Waals surface area (Å²) in [4.78, 5) is 22.6. The number of carbonyl (C=O) groups is 1. The molecule has 0 bridgehead atoms. The highest BCUT2D eigenvalue weighted by Gasteiger charge is 2.03. The second-order valence-electron chi connectivity index (χ2n) is 3.73. The van der Waals surface area contributed by atoms with Crippen molar-refractivity contribution in [2.75, 3.05) is 0 Å². The van der Waals surface area contributed by atoms with Gasteiger partial charge in [0.1, 0.15) is 0 Å². The van der Waals surface area contributed by atoms with Crippen LogP contribution in [0.4, 0.5) is 0 Å². The summed E-state index contributed by atoms with van der Waals surface area (Å²) in [5.41, 5.74) is 1.03. The molecule has 84 valence electrons. The van der Waals surface area contributed by atoms with Crippen LogP contribution < -0.4 is 5.56 Å². The average molecular weight is 225 g/mol. The first-order valence-corrected chi connectivity index (χ1v) is 5.21. The van der Waals surface area contributed by atoms with Crippen LogP contribution in [0.15, 0.2) is 53.5 Å². The molecule has 0 saturated heterocycles. The first-order chi connectivity index (χ1) is 8.16. The van der Waals surface area contributed by atoms with Gasteiger partial charge in [-0.15, -0.1) is 0 Å². The highest BCUT2D eigenvalue weighted by Crippen LogP contribution is 2.01. The summed E-state index contributed by atoms with van der Waals surface area (Å²) in [5, 5.41) is 0. The van der Waals surface area contributed by atoms with Crippen LogP contribution in [0.3, 0.4) is 0 Å². The maximum Gasteiger partial charge on any atom is 0.251 e. The number of ketones is 1. The fourth-order valence-electron chi connectivity index (χ4n) is 1.57. The highest BCUT2D eigenvalue weighted by atomic mass is 16.1. The molecule has 2 radical (unpaired) electrons. The molecule has 0 aliphatic heterocycles. The summed E-state index contributed by atoms with van der Waals surface area (Å²) in [5.74, 6) is -0.589. The van der Waals surface area contributed by atoms with Crippen LogP contribution in [0, 0.1) is 6.92 Å². The van der Waals surface area contributed by atoms with Gasteiger partial charge in [0.2, 0.25) is 0 Å². The molecule has 0 amide bonds. The van der Waals surface area contributed by atoms with Crippen molar-refractivity contribution in [3.63, 3.8) is 0 Å². The smallest absolute Gasteiger partial charge is 0.251 e. The zero-order valence-electron chi connectivity index (χ0n) is 9.17. The molecule has 0 aliphatic rings. The van der Waals surface area contributed by atoms with Crippen molar-refractivity contribution in [2.45, 2.75) is 6.54 Å². The predicted molar refractivity (Wildman–Crippen MR) is 64.9 cm³/mol. The Morgan fingerprint density at radius 1 is 1.18 bits per heavy atom. The minimum Gasteiger partial charge on any atom is -0.311 e. The second-order valence-corrected chi connectivity index (χ2v) is 3.73. The number of hydrogen-bond acceptors (Lipinski definition) is 2. The number of benzene rings is 1. The summed E-state index contributed by atoms with van der Waals surface area (Å²) in [7, 11) is 0. The number of carbonyl (C=O) groups excluding carboxylic acids is 1. The van der Waals surface area contributed by atoms with Gasteiger partial charge < -0.3 is 4.57 Å². The molecule has 3 nitrogen and oxygen atoms in total. The third kappa shape index (κ3) is 2.69. The molecule has 0 spiro atoms. The Balaban J connectivity index is 2.29. The summed E-state index contributed by atoms with van der Waals surface area (Å²) < 4.78 is 1.53. The molecule has 1 heterocycles. The number of hydrogen-bond donors (Lipinski definition) is 0. The van der Waals surface area contributed by atoms with E-state index in [0.29, 0.717) is 6.54 Å². The lowest BCUT2D eigenvalue weighted by Crippen LogP contribution is -2.20. The van der Waals surface area contributed by atoms with Crippen LogP contribution in [-0.4, -0.2) is 10.4 Å². The van der Waals surface area contributed by atoms with Crippen LogP contribution >= 0.6 is 0 Å². The normalized spacial score (nSPS) is 10.2. The maximum atomic E-state index is 11.7. The van der Waals surface area contributed by atoms with Crippen LogP contribution in [0.2, 0.25) is 0 Å². The number of nitrogens with zero attached hydrogens (tertiary/aromatic N) is 1. The summed E-state index contributed by atoms with van der Waals surface area (Å²) in [6, 6.07) is 12.4. The standard InChI is InChI=1S/C14H11NO2/c1-11(16)13-7-8-15(14(17)9-13)10-12-5-3-2-4-6-12/h1-9H,10H2. The van der Waals surface area contributed by atoms with E-state index in [2.05, 4.69) is 0 Å².